The molecular formula is C13H17F2N3O2. The van der Waals surface area contributed by atoms with Crippen LogP contribution in [-0.4, -0.2) is 39.5 Å². The summed E-state index contributed by atoms with van der Waals surface area (Å²) in [4.78, 5) is 16.6. The molecule has 1 aromatic rings. The fraction of sp³-hybridized carbons (Fsp3) is 0.538. The number of aromatic nitrogens is 1. The van der Waals surface area contributed by atoms with Gasteiger partial charge in [0.25, 0.3) is 5.91 Å². The zero-order chi connectivity index (χ0) is 15.0. The Morgan fingerprint density at radius 1 is 1.55 bits per heavy atom. The predicted octanol–water partition coefficient (Wildman–Crippen LogP) is 1.17. The third kappa shape index (κ3) is 2.45. The smallest absolute Gasteiger partial charge is 0.352 e. The first-order chi connectivity index (χ1) is 9.26. The molecule has 7 heteroatoms. The maximum Gasteiger partial charge on any atom is 0.352 e. The van der Waals surface area contributed by atoms with Gasteiger partial charge in [0.2, 0.25) is 0 Å². The molecule has 1 aromatic heterocycles. The SMILES string of the molecule is CN(Cc1ccc(N)nc1)C(=O)C(F)(F)C1(O)CCC1. The first-order valence-corrected chi connectivity index (χ1v) is 6.32. The van der Waals surface area contributed by atoms with Crippen molar-refractivity contribution in [2.75, 3.05) is 12.8 Å². The van der Waals surface area contributed by atoms with E-state index < -0.39 is 17.4 Å². The number of nitrogen functional groups attached to an aromatic ring is 1. The van der Waals surface area contributed by atoms with Crippen molar-refractivity contribution in [1.82, 2.24) is 9.88 Å². The standard InChI is InChI=1S/C13H17F2N3O2/c1-18(8-9-3-4-10(16)17-7-9)11(19)13(14,15)12(20)5-2-6-12/h3-4,7,20H,2,5-6,8H2,1H3,(H2,16,17). The first-order valence-electron chi connectivity index (χ1n) is 6.32. The summed E-state index contributed by atoms with van der Waals surface area (Å²) in [6.07, 6.45) is 1.83. The Labute approximate surface area is 115 Å². The van der Waals surface area contributed by atoms with E-state index in [1.165, 1.54) is 19.3 Å². The molecule has 1 aliphatic carbocycles. The van der Waals surface area contributed by atoms with E-state index in [9.17, 15) is 18.7 Å². The van der Waals surface area contributed by atoms with E-state index >= 15 is 0 Å². The van der Waals surface area contributed by atoms with Crippen molar-refractivity contribution >= 4 is 11.7 Å². The number of halogens is 2. The largest absolute Gasteiger partial charge is 0.384 e. The molecule has 0 spiro atoms. The molecule has 5 nitrogen and oxygen atoms in total. The van der Waals surface area contributed by atoms with Crippen molar-refractivity contribution in [2.24, 2.45) is 0 Å². The summed E-state index contributed by atoms with van der Waals surface area (Å²) < 4.78 is 28.0. The van der Waals surface area contributed by atoms with Crippen molar-refractivity contribution in [3.8, 4) is 0 Å². The average Bonchev–Trinajstić information content (AvgIpc) is 2.37. The Kier molecular flexibility index (Phi) is 3.64. The highest BCUT2D eigenvalue weighted by atomic mass is 19.3. The van der Waals surface area contributed by atoms with E-state index in [1.807, 2.05) is 0 Å². The highest BCUT2D eigenvalue weighted by Crippen LogP contribution is 2.45. The van der Waals surface area contributed by atoms with E-state index in [2.05, 4.69) is 4.98 Å². The monoisotopic (exact) mass is 285 g/mol. The fourth-order valence-electron chi connectivity index (χ4n) is 2.14. The lowest BCUT2D eigenvalue weighted by molar-refractivity contribution is -0.223. The molecule has 0 atom stereocenters. The van der Waals surface area contributed by atoms with Gasteiger partial charge in [0.1, 0.15) is 11.4 Å². The normalized spacial score (nSPS) is 17.4. The van der Waals surface area contributed by atoms with Crippen LogP contribution in [0.3, 0.4) is 0 Å². The number of nitrogens with two attached hydrogens (primary N) is 1. The Morgan fingerprint density at radius 3 is 2.65 bits per heavy atom. The van der Waals surface area contributed by atoms with Gasteiger partial charge in [-0.05, 0) is 30.9 Å². The average molecular weight is 285 g/mol. The molecule has 0 bridgehead atoms. The quantitative estimate of drug-likeness (QED) is 0.870. The number of hydrogen-bond acceptors (Lipinski definition) is 4. The topological polar surface area (TPSA) is 79.5 Å². The second-order valence-electron chi connectivity index (χ2n) is 5.21. The fourth-order valence-corrected chi connectivity index (χ4v) is 2.14. The van der Waals surface area contributed by atoms with Crippen molar-refractivity contribution in [1.29, 1.82) is 0 Å². The maximum absolute atomic E-state index is 14.0. The number of nitrogens with zero attached hydrogens (tertiary/aromatic N) is 2. The van der Waals surface area contributed by atoms with E-state index in [1.54, 1.807) is 6.07 Å². The van der Waals surface area contributed by atoms with E-state index in [0.29, 0.717) is 17.8 Å². The van der Waals surface area contributed by atoms with Crippen LogP contribution in [0.2, 0.25) is 0 Å². The molecule has 0 aliphatic heterocycles. The minimum absolute atomic E-state index is 0.0161. The summed E-state index contributed by atoms with van der Waals surface area (Å²) >= 11 is 0. The van der Waals surface area contributed by atoms with Gasteiger partial charge in [-0.2, -0.15) is 8.78 Å². The molecule has 1 aliphatic rings. The van der Waals surface area contributed by atoms with Gasteiger partial charge in [0, 0.05) is 19.8 Å². The molecule has 0 unspecified atom stereocenters. The Morgan fingerprint density at radius 2 is 2.20 bits per heavy atom. The summed E-state index contributed by atoms with van der Waals surface area (Å²) in [5, 5.41) is 9.73. The van der Waals surface area contributed by atoms with E-state index in [-0.39, 0.29) is 19.4 Å². The second kappa shape index (κ2) is 4.97. The van der Waals surface area contributed by atoms with Crippen LogP contribution in [-0.2, 0) is 11.3 Å². The van der Waals surface area contributed by atoms with Crippen molar-refractivity contribution in [2.45, 2.75) is 37.3 Å². The number of anilines is 1. The summed E-state index contributed by atoms with van der Waals surface area (Å²) in [5.74, 6) is -4.82. The van der Waals surface area contributed by atoms with Gasteiger partial charge in [-0.1, -0.05) is 6.07 Å². The lowest BCUT2D eigenvalue weighted by Crippen LogP contribution is -2.60. The van der Waals surface area contributed by atoms with Crippen LogP contribution in [0.25, 0.3) is 0 Å². The Bertz CT molecular complexity index is 501. The molecule has 1 amide bonds. The van der Waals surface area contributed by atoms with Crippen LogP contribution in [0.15, 0.2) is 18.3 Å². The number of rotatable bonds is 4. The van der Waals surface area contributed by atoms with Crippen molar-refractivity contribution in [3.63, 3.8) is 0 Å². The molecule has 2 rings (SSSR count). The molecular weight excluding hydrogens is 268 g/mol. The third-order valence-electron chi connectivity index (χ3n) is 3.65. The molecule has 0 radical (unpaired) electrons. The van der Waals surface area contributed by atoms with Gasteiger partial charge in [-0.15, -0.1) is 0 Å². The Balaban J connectivity index is 2.06. The van der Waals surface area contributed by atoms with Crippen LogP contribution in [0.5, 0.6) is 0 Å². The third-order valence-corrected chi connectivity index (χ3v) is 3.65. The number of carbonyl (C=O) groups excluding carboxylic acids is 1. The first kappa shape index (κ1) is 14.6. The molecule has 110 valence electrons. The summed E-state index contributed by atoms with van der Waals surface area (Å²) in [5.41, 5.74) is 3.82. The van der Waals surface area contributed by atoms with Gasteiger partial charge < -0.3 is 15.7 Å². The lowest BCUT2D eigenvalue weighted by atomic mass is 9.75. The van der Waals surface area contributed by atoms with Crippen LogP contribution in [0, 0.1) is 0 Å². The number of alkyl halides is 2. The number of pyridine rings is 1. The van der Waals surface area contributed by atoms with Crippen LogP contribution < -0.4 is 5.73 Å². The van der Waals surface area contributed by atoms with Gasteiger partial charge in [0.05, 0.1) is 0 Å². The number of carbonyl (C=O) groups is 1. The predicted molar refractivity (Wildman–Crippen MR) is 68.9 cm³/mol. The van der Waals surface area contributed by atoms with Crippen LogP contribution in [0.4, 0.5) is 14.6 Å². The molecule has 20 heavy (non-hydrogen) atoms. The maximum atomic E-state index is 14.0. The van der Waals surface area contributed by atoms with Gasteiger partial charge in [0.15, 0.2) is 0 Å². The molecule has 3 N–H and O–H groups in total. The molecule has 1 fully saturated rings. The minimum Gasteiger partial charge on any atom is -0.384 e. The van der Waals surface area contributed by atoms with Crippen LogP contribution >= 0.6 is 0 Å². The molecule has 1 saturated carbocycles. The zero-order valence-corrected chi connectivity index (χ0v) is 11.1. The number of hydrogen-bond donors (Lipinski definition) is 2. The summed E-state index contributed by atoms with van der Waals surface area (Å²) in [7, 11) is 1.27. The number of amides is 1. The highest BCUT2D eigenvalue weighted by molar-refractivity contribution is 5.85. The second-order valence-corrected chi connectivity index (χ2v) is 5.21. The lowest BCUT2D eigenvalue weighted by Gasteiger charge is -2.42. The summed E-state index contributed by atoms with van der Waals surface area (Å²) in [6.45, 7) is -0.0161. The molecule has 0 saturated heterocycles. The van der Waals surface area contributed by atoms with Crippen LogP contribution in [0.1, 0.15) is 24.8 Å². The van der Waals surface area contributed by atoms with Gasteiger partial charge in [-0.3, -0.25) is 4.79 Å². The minimum atomic E-state index is -3.76. The van der Waals surface area contributed by atoms with E-state index in [4.69, 9.17) is 5.73 Å². The van der Waals surface area contributed by atoms with Gasteiger partial charge in [-0.25, -0.2) is 4.98 Å². The van der Waals surface area contributed by atoms with Crippen molar-refractivity contribution < 1.29 is 18.7 Å². The molecule has 0 aromatic carbocycles. The Hall–Kier alpha value is -1.76. The van der Waals surface area contributed by atoms with Gasteiger partial charge >= 0.3 is 5.92 Å². The van der Waals surface area contributed by atoms with Crippen molar-refractivity contribution in [3.05, 3.63) is 23.9 Å². The zero-order valence-electron chi connectivity index (χ0n) is 11.1. The molecule has 1 heterocycles. The highest BCUT2D eigenvalue weighted by Gasteiger charge is 2.61. The number of aliphatic hydroxyl groups is 1. The van der Waals surface area contributed by atoms with E-state index in [0.717, 1.165) is 4.90 Å². The summed E-state index contributed by atoms with van der Waals surface area (Å²) in [6, 6.07) is 3.15.